The van der Waals surface area contributed by atoms with Crippen molar-refractivity contribution >= 4 is 50.8 Å². The van der Waals surface area contributed by atoms with Gasteiger partial charge in [-0.3, -0.25) is 9.59 Å². The fourth-order valence-electron chi connectivity index (χ4n) is 2.27. The largest absolute Gasteiger partial charge is 0.465 e. The Bertz CT molecular complexity index is 981. The molecule has 0 unspecified atom stereocenters. The summed E-state index contributed by atoms with van der Waals surface area (Å²) < 4.78 is 7.70. The molecule has 3 rings (SSSR count). The molecule has 0 aliphatic carbocycles. The first-order valence-electron chi connectivity index (χ1n) is 7.71. The number of amides is 1. The predicted molar refractivity (Wildman–Crippen MR) is 100 cm³/mol. The summed E-state index contributed by atoms with van der Waals surface area (Å²) in [6, 6.07) is 11.5. The van der Waals surface area contributed by atoms with E-state index in [2.05, 4.69) is 4.99 Å². The Kier molecular flexibility index (Phi) is 5.57. The molecule has 0 spiro atoms. The van der Waals surface area contributed by atoms with E-state index in [9.17, 15) is 9.59 Å². The number of fused-ring (bicyclic) bond motifs is 1. The number of ether oxygens (including phenoxy) is 1. The number of para-hydroxylation sites is 1. The van der Waals surface area contributed by atoms with Crippen LogP contribution in [-0.2, 0) is 20.9 Å². The monoisotopic (exact) mass is 372 g/mol. The molecule has 128 valence electrons. The van der Waals surface area contributed by atoms with E-state index in [0.29, 0.717) is 11.4 Å². The number of hydrogen-bond acceptors (Lipinski definition) is 5. The molecule has 0 bridgehead atoms. The van der Waals surface area contributed by atoms with Crippen LogP contribution in [0, 0.1) is 0 Å². The third kappa shape index (κ3) is 4.32. The van der Waals surface area contributed by atoms with Crippen molar-refractivity contribution in [2.75, 3.05) is 6.61 Å². The van der Waals surface area contributed by atoms with Gasteiger partial charge in [0.15, 0.2) is 4.80 Å². The van der Waals surface area contributed by atoms with Gasteiger partial charge in [-0.15, -0.1) is 11.3 Å². The Hall–Kier alpha value is -2.51. The second-order valence-corrected chi connectivity index (χ2v) is 7.03. The predicted octanol–water partition coefficient (Wildman–Crippen LogP) is 3.47. The fraction of sp³-hybridized carbons (Fsp3) is 0.167. The van der Waals surface area contributed by atoms with Crippen LogP contribution >= 0.6 is 22.7 Å². The average molecular weight is 372 g/mol. The van der Waals surface area contributed by atoms with Crippen molar-refractivity contribution in [1.29, 1.82) is 0 Å². The lowest BCUT2D eigenvalue weighted by atomic mass is 10.3. The van der Waals surface area contributed by atoms with E-state index in [4.69, 9.17) is 4.74 Å². The van der Waals surface area contributed by atoms with Gasteiger partial charge in [0.25, 0.3) is 5.91 Å². The Morgan fingerprint density at radius 1 is 1.24 bits per heavy atom. The third-order valence-corrected chi connectivity index (χ3v) is 5.22. The highest BCUT2D eigenvalue weighted by molar-refractivity contribution is 7.16. The van der Waals surface area contributed by atoms with Gasteiger partial charge in [-0.1, -0.05) is 29.5 Å². The minimum Gasteiger partial charge on any atom is -0.465 e. The second kappa shape index (κ2) is 8.04. The minimum absolute atomic E-state index is 0.0264. The van der Waals surface area contributed by atoms with E-state index < -0.39 is 0 Å². The maximum absolute atomic E-state index is 12.2. The molecule has 0 N–H and O–H groups in total. The molecule has 3 aromatic rings. The van der Waals surface area contributed by atoms with Crippen molar-refractivity contribution in [2.24, 2.45) is 4.99 Å². The zero-order valence-electron chi connectivity index (χ0n) is 13.5. The van der Waals surface area contributed by atoms with Gasteiger partial charge in [0.1, 0.15) is 6.54 Å². The average Bonchev–Trinajstić information content (AvgIpc) is 3.22. The van der Waals surface area contributed by atoms with Gasteiger partial charge >= 0.3 is 5.97 Å². The molecule has 0 radical (unpaired) electrons. The SMILES string of the molecule is CCOC(=O)Cn1c(=NC(=O)/C=C/c2cccs2)sc2ccccc21. The molecule has 2 aromatic heterocycles. The van der Waals surface area contributed by atoms with Gasteiger partial charge in [-0.2, -0.15) is 4.99 Å². The summed E-state index contributed by atoms with van der Waals surface area (Å²) in [5, 5.41) is 1.95. The van der Waals surface area contributed by atoms with E-state index in [0.717, 1.165) is 15.1 Å². The molecular weight excluding hydrogens is 356 g/mol. The minimum atomic E-state index is -0.363. The first-order chi connectivity index (χ1) is 12.2. The molecule has 1 aromatic carbocycles. The quantitative estimate of drug-likeness (QED) is 0.509. The van der Waals surface area contributed by atoms with Crippen molar-refractivity contribution in [1.82, 2.24) is 4.57 Å². The number of esters is 1. The number of thiazole rings is 1. The van der Waals surface area contributed by atoms with Gasteiger partial charge in [0, 0.05) is 11.0 Å². The molecule has 7 heteroatoms. The van der Waals surface area contributed by atoms with Crippen molar-refractivity contribution in [3.63, 3.8) is 0 Å². The van der Waals surface area contributed by atoms with E-state index in [1.165, 1.54) is 17.4 Å². The van der Waals surface area contributed by atoms with Crippen LogP contribution in [0.4, 0.5) is 0 Å². The third-order valence-electron chi connectivity index (χ3n) is 3.32. The van der Waals surface area contributed by atoms with Crippen LogP contribution in [0.15, 0.2) is 52.8 Å². The van der Waals surface area contributed by atoms with Crippen LogP contribution in [-0.4, -0.2) is 23.1 Å². The van der Waals surface area contributed by atoms with E-state index >= 15 is 0 Å². The summed E-state index contributed by atoms with van der Waals surface area (Å²) in [6.45, 7) is 2.10. The lowest BCUT2D eigenvalue weighted by Gasteiger charge is -2.04. The van der Waals surface area contributed by atoms with Crippen molar-refractivity contribution in [3.05, 3.63) is 57.5 Å². The highest BCUT2D eigenvalue weighted by Gasteiger charge is 2.11. The fourth-order valence-corrected chi connectivity index (χ4v) is 3.92. The first kappa shape index (κ1) is 17.3. The van der Waals surface area contributed by atoms with Crippen molar-refractivity contribution < 1.29 is 14.3 Å². The van der Waals surface area contributed by atoms with Crippen LogP contribution in [0.3, 0.4) is 0 Å². The molecule has 1 amide bonds. The van der Waals surface area contributed by atoms with Crippen LogP contribution in [0.1, 0.15) is 11.8 Å². The number of aromatic nitrogens is 1. The number of hydrogen-bond donors (Lipinski definition) is 0. The van der Waals surface area contributed by atoms with Crippen LogP contribution in [0.5, 0.6) is 0 Å². The zero-order chi connectivity index (χ0) is 17.6. The van der Waals surface area contributed by atoms with E-state index in [-0.39, 0.29) is 18.4 Å². The Morgan fingerprint density at radius 2 is 2.08 bits per heavy atom. The number of nitrogens with zero attached hydrogens (tertiary/aromatic N) is 2. The summed E-state index contributed by atoms with van der Waals surface area (Å²) >= 11 is 2.92. The summed E-state index contributed by atoms with van der Waals surface area (Å²) in [7, 11) is 0. The first-order valence-corrected chi connectivity index (χ1v) is 9.41. The maximum Gasteiger partial charge on any atom is 0.326 e. The summed E-state index contributed by atoms with van der Waals surface area (Å²) in [4.78, 5) is 29.7. The lowest BCUT2D eigenvalue weighted by molar-refractivity contribution is -0.143. The summed E-state index contributed by atoms with van der Waals surface area (Å²) in [5.74, 6) is -0.716. The maximum atomic E-state index is 12.2. The van der Waals surface area contributed by atoms with Gasteiger partial charge in [0.2, 0.25) is 0 Å². The molecule has 0 aliphatic heterocycles. The Balaban J connectivity index is 1.96. The van der Waals surface area contributed by atoms with Gasteiger partial charge in [-0.25, -0.2) is 0 Å². The van der Waals surface area contributed by atoms with Crippen LogP contribution in [0.2, 0.25) is 0 Å². The highest BCUT2D eigenvalue weighted by atomic mass is 32.1. The van der Waals surface area contributed by atoms with Gasteiger partial charge in [-0.05, 0) is 36.6 Å². The number of carbonyl (C=O) groups is 2. The molecule has 5 nitrogen and oxygen atoms in total. The van der Waals surface area contributed by atoms with Crippen molar-refractivity contribution in [3.8, 4) is 0 Å². The van der Waals surface area contributed by atoms with Gasteiger partial charge < -0.3 is 9.30 Å². The lowest BCUT2D eigenvalue weighted by Crippen LogP contribution is -2.22. The molecular formula is C18H16N2O3S2. The molecule has 0 fully saturated rings. The van der Waals surface area contributed by atoms with Crippen molar-refractivity contribution in [2.45, 2.75) is 13.5 Å². The number of rotatable bonds is 5. The van der Waals surface area contributed by atoms with Gasteiger partial charge in [0.05, 0.1) is 16.8 Å². The molecule has 0 saturated heterocycles. The highest BCUT2D eigenvalue weighted by Crippen LogP contribution is 2.17. The molecule has 2 heterocycles. The normalized spacial score (nSPS) is 12.1. The molecule has 25 heavy (non-hydrogen) atoms. The van der Waals surface area contributed by atoms with E-state index in [1.54, 1.807) is 28.9 Å². The Labute approximate surface area is 152 Å². The molecule has 0 saturated carbocycles. The number of benzene rings is 1. The standard InChI is InChI=1S/C18H16N2O3S2/c1-2-23-17(22)12-20-14-7-3-4-8-15(14)25-18(20)19-16(21)10-9-13-6-5-11-24-13/h3-11H,2,12H2,1H3/b10-9+,19-18?. The van der Waals surface area contributed by atoms with E-state index in [1.807, 2.05) is 41.8 Å². The molecule has 0 aliphatic rings. The molecule has 0 atom stereocenters. The second-order valence-electron chi connectivity index (χ2n) is 5.04. The number of carbonyl (C=O) groups excluding carboxylic acids is 2. The smallest absolute Gasteiger partial charge is 0.326 e. The van der Waals surface area contributed by atoms with Crippen LogP contribution < -0.4 is 4.80 Å². The van der Waals surface area contributed by atoms with Crippen LogP contribution in [0.25, 0.3) is 16.3 Å². The Morgan fingerprint density at radius 3 is 2.84 bits per heavy atom. The number of thiophene rings is 1. The summed E-state index contributed by atoms with van der Waals surface area (Å²) in [6.07, 6.45) is 3.17. The topological polar surface area (TPSA) is 60.7 Å². The zero-order valence-corrected chi connectivity index (χ0v) is 15.2. The summed E-state index contributed by atoms with van der Waals surface area (Å²) in [5.41, 5.74) is 0.856.